The largest absolute Gasteiger partial charge is 0.352 e. The van der Waals surface area contributed by atoms with E-state index < -0.39 is 0 Å². The Labute approximate surface area is 175 Å². The molecule has 0 radical (unpaired) electrons. The molecule has 0 bridgehead atoms. The molecule has 4 nitrogen and oxygen atoms in total. The molecule has 1 amide bonds. The van der Waals surface area contributed by atoms with Crippen molar-refractivity contribution in [3.05, 3.63) is 71.3 Å². The Morgan fingerprint density at radius 1 is 1.00 bits per heavy atom. The molecule has 3 rings (SSSR count). The molecule has 0 aromatic heterocycles. The van der Waals surface area contributed by atoms with Gasteiger partial charge in [-0.3, -0.25) is 15.0 Å². The first-order chi connectivity index (χ1) is 14.0. The second-order valence-corrected chi connectivity index (χ2v) is 8.25. The quantitative estimate of drug-likeness (QED) is 0.711. The van der Waals surface area contributed by atoms with Gasteiger partial charge in [0.15, 0.2) is 0 Å². The topological polar surface area (TPSA) is 44.4 Å². The maximum atomic E-state index is 12.7. The molecule has 2 unspecified atom stereocenters. The predicted molar refractivity (Wildman–Crippen MR) is 120 cm³/mol. The normalized spacial score (nSPS) is 17.6. The maximum Gasteiger partial charge on any atom is 0.237 e. The molecule has 1 fully saturated rings. The molecule has 156 valence electrons. The molecule has 4 heteroatoms. The van der Waals surface area contributed by atoms with Crippen LogP contribution in [0.1, 0.15) is 56.3 Å². The highest BCUT2D eigenvalue weighted by Gasteiger charge is 2.23. The van der Waals surface area contributed by atoms with E-state index in [1.54, 1.807) is 0 Å². The monoisotopic (exact) mass is 393 g/mol. The number of carbonyl (C=O) groups is 1. The van der Waals surface area contributed by atoms with Gasteiger partial charge in [0, 0.05) is 31.7 Å². The first-order valence-corrected chi connectivity index (χ1v) is 11.0. The Bertz CT molecular complexity index is 751. The highest BCUT2D eigenvalue weighted by atomic mass is 16.2. The Hall–Kier alpha value is -2.17. The number of piperidine rings is 1. The van der Waals surface area contributed by atoms with Crippen molar-refractivity contribution in [3.63, 3.8) is 0 Å². The Kier molecular flexibility index (Phi) is 7.84. The number of amides is 1. The number of nitrogens with zero attached hydrogens (tertiary/aromatic N) is 1. The summed E-state index contributed by atoms with van der Waals surface area (Å²) in [6, 6.07) is 19.5. The lowest BCUT2D eigenvalue weighted by molar-refractivity contribution is -0.124. The van der Waals surface area contributed by atoms with Crippen LogP contribution in [-0.2, 0) is 17.8 Å². The summed E-state index contributed by atoms with van der Waals surface area (Å²) in [7, 11) is 0. The van der Waals surface area contributed by atoms with Crippen LogP contribution in [0.25, 0.3) is 0 Å². The zero-order valence-corrected chi connectivity index (χ0v) is 18.0. The molecule has 2 atom stereocenters. The van der Waals surface area contributed by atoms with Gasteiger partial charge in [0.25, 0.3) is 0 Å². The summed E-state index contributed by atoms with van der Waals surface area (Å²) in [6.45, 7) is 9.29. The van der Waals surface area contributed by atoms with Crippen LogP contribution in [0, 0.1) is 0 Å². The van der Waals surface area contributed by atoms with Crippen molar-refractivity contribution in [3.8, 4) is 0 Å². The number of rotatable bonds is 8. The molecule has 1 saturated heterocycles. The summed E-state index contributed by atoms with van der Waals surface area (Å²) in [6.07, 6.45) is 3.07. The molecule has 0 spiro atoms. The van der Waals surface area contributed by atoms with Crippen LogP contribution in [0.15, 0.2) is 54.6 Å². The lowest BCUT2D eigenvalue weighted by Crippen LogP contribution is -2.50. The Morgan fingerprint density at radius 3 is 2.28 bits per heavy atom. The standard InChI is InChI=1S/C25H35N3O/c1-4-21-10-12-23(13-11-21)19(2)26-20(3)25(29)27-24-14-16-28(17-15-24)18-22-8-6-5-7-9-22/h5-13,19-20,24,26H,4,14-18H2,1-3H3,(H,27,29). The molecule has 1 aliphatic heterocycles. The van der Waals surface area contributed by atoms with Crippen molar-refractivity contribution in [2.24, 2.45) is 0 Å². The summed E-state index contributed by atoms with van der Waals surface area (Å²) in [5.74, 6) is 0.100. The van der Waals surface area contributed by atoms with Crippen molar-refractivity contribution >= 4 is 5.91 Å². The highest BCUT2D eigenvalue weighted by molar-refractivity contribution is 5.81. The minimum absolute atomic E-state index is 0.100. The maximum absolute atomic E-state index is 12.7. The molecular formula is C25H35N3O. The van der Waals surface area contributed by atoms with E-state index in [1.165, 1.54) is 16.7 Å². The molecular weight excluding hydrogens is 358 g/mol. The fourth-order valence-electron chi connectivity index (χ4n) is 3.99. The first-order valence-electron chi connectivity index (χ1n) is 11.0. The lowest BCUT2D eigenvalue weighted by Gasteiger charge is -2.33. The molecule has 2 aromatic rings. The van der Waals surface area contributed by atoms with Crippen LogP contribution in [0.2, 0.25) is 0 Å². The van der Waals surface area contributed by atoms with Crippen LogP contribution in [0.4, 0.5) is 0 Å². The molecule has 1 heterocycles. The van der Waals surface area contributed by atoms with Crippen molar-refractivity contribution in [2.75, 3.05) is 13.1 Å². The number of nitrogens with one attached hydrogen (secondary N) is 2. The van der Waals surface area contributed by atoms with Crippen LogP contribution < -0.4 is 10.6 Å². The number of aryl methyl sites for hydroxylation is 1. The number of hydrogen-bond donors (Lipinski definition) is 2. The summed E-state index contributed by atoms with van der Waals surface area (Å²) in [4.78, 5) is 15.1. The average Bonchev–Trinajstić information content (AvgIpc) is 2.75. The molecule has 1 aliphatic rings. The lowest BCUT2D eigenvalue weighted by atomic mass is 10.0. The van der Waals surface area contributed by atoms with E-state index in [1.807, 2.05) is 6.92 Å². The van der Waals surface area contributed by atoms with Gasteiger partial charge in [-0.2, -0.15) is 0 Å². The minimum Gasteiger partial charge on any atom is -0.352 e. The van der Waals surface area contributed by atoms with Gasteiger partial charge >= 0.3 is 0 Å². The van der Waals surface area contributed by atoms with Gasteiger partial charge in [-0.15, -0.1) is 0 Å². The Balaban J connectivity index is 1.41. The van der Waals surface area contributed by atoms with Crippen LogP contribution in [-0.4, -0.2) is 36.0 Å². The number of carbonyl (C=O) groups excluding carboxylic acids is 1. The predicted octanol–water partition coefficient (Wildman–Crippen LogP) is 4.07. The van der Waals surface area contributed by atoms with Crippen molar-refractivity contribution in [2.45, 2.75) is 64.7 Å². The van der Waals surface area contributed by atoms with Crippen molar-refractivity contribution in [1.29, 1.82) is 0 Å². The van der Waals surface area contributed by atoms with Crippen LogP contribution in [0.5, 0.6) is 0 Å². The van der Waals surface area contributed by atoms with E-state index in [0.717, 1.165) is 38.9 Å². The van der Waals surface area contributed by atoms with E-state index in [4.69, 9.17) is 0 Å². The molecule has 29 heavy (non-hydrogen) atoms. The zero-order valence-electron chi connectivity index (χ0n) is 18.0. The van der Waals surface area contributed by atoms with E-state index in [-0.39, 0.29) is 24.0 Å². The average molecular weight is 394 g/mol. The third kappa shape index (κ3) is 6.41. The van der Waals surface area contributed by atoms with E-state index in [2.05, 4.69) is 84.0 Å². The van der Waals surface area contributed by atoms with Crippen LogP contribution in [0.3, 0.4) is 0 Å². The van der Waals surface area contributed by atoms with Crippen LogP contribution >= 0.6 is 0 Å². The number of hydrogen-bond acceptors (Lipinski definition) is 3. The fraction of sp³-hybridized carbons (Fsp3) is 0.480. The van der Waals surface area contributed by atoms with E-state index in [0.29, 0.717) is 0 Å². The van der Waals surface area contributed by atoms with Gasteiger partial charge < -0.3 is 5.32 Å². The molecule has 2 N–H and O–H groups in total. The van der Waals surface area contributed by atoms with Gasteiger partial charge in [-0.1, -0.05) is 61.5 Å². The molecule has 0 saturated carbocycles. The smallest absolute Gasteiger partial charge is 0.237 e. The second kappa shape index (κ2) is 10.6. The van der Waals surface area contributed by atoms with Gasteiger partial charge in [0.05, 0.1) is 6.04 Å². The summed E-state index contributed by atoms with van der Waals surface area (Å²) < 4.78 is 0. The van der Waals surface area contributed by atoms with Crippen molar-refractivity contribution in [1.82, 2.24) is 15.5 Å². The van der Waals surface area contributed by atoms with Gasteiger partial charge in [-0.05, 0) is 49.8 Å². The summed E-state index contributed by atoms with van der Waals surface area (Å²) >= 11 is 0. The SMILES string of the molecule is CCc1ccc(C(C)NC(C)C(=O)NC2CCN(Cc3ccccc3)CC2)cc1. The Morgan fingerprint density at radius 2 is 1.66 bits per heavy atom. The highest BCUT2D eigenvalue weighted by Crippen LogP contribution is 2.16. The molecule has 0 aliphatic carbocycles. The van der Waals surface area contributed by atoms with E-state index >= 15 is 0 Å². The fourth-order valence-corrected chi connectivity index (χ4v) is 3.99. The zero-order chi connectivity index (χ0) is 20.6. The second-order valence-electron chi connectivity index (χ2n) is 8.25. The number of likely N-dealkylation sites (tertiary alicyclic amines) is 1. The first kappa shape index (κ1) is 21.5. The van der Waals surface area contributed by atoms with Gasteiger partial charge in [0.2, 0.25) is 5.91 Å². The summed E-state index contributed by atoms with van der Waals surface area (Å²) in [5.41, 5.74) is 3.91. The van der Waals surface area contributed by atoms with E-state index in [9.17, 15) is 4.79 Å². The minimum atomic E-state index is -0.210. The third-order valence-electron chi connectivity index (χ3n) is 5.96. The van der Waals surface area contributed by atoms with Gasteiger partial charge in [0.1, 0.15) is 0 Å². The third-order valence-corrected chi connectivity index (χ3v) is 5.96. The summed E-state index contributed by atoms with van der Waals surface area (Å²) in [5, 5.41) is 6.69. The van der Waals surface area contributed by atoms with Gasteiger partial charge in [-0.25, -0.2) is 0 Å². The van der Waals surface area contributed by atoms with Crippen molar-refractivity contribution < 1.29 is 4.79 Å². The molecule has 2 aromatic carbocycles. The number of benzene rings is 2.